The van der Waals surface area contributed by atoms with Gasteiger partial charge >= 0.3 is 11.9 Å². The molecule has 0 amide bonds. The fourth-order valence-corrected chi connectivity index (χ4v) is 3.26. The SMILES string of the molecule is C1CCNC1.COC(=O)C(Br)CBr.COC(=O)C(Br)CN1CCCC1. The van der Waals surface area contributed by atoms with Crippen molar-refractivity contribution < 1.29 is 19.1 Å². The summed E-state index contributed by atoms with van der Waals surface area (Å²) in [5.74, 6) is -0.427. The molecule has 0 saturated carbocycles. The number of likely N-dealkylation sites (tertiary alicyclic amines) is 1. The number of carbonyl (C=O) groups excluding carboxylic acids is 2. The molecule has 2 saturated heterocycles. The van der Waals surface area contributed by atoms with Crippen LogP contribution in [-0.2, 0) is 19.1 Å². The summed E-state index contributed by atoms with van der Waals surface area (Å²) < 4.78 is 9.00. The van der Waals surface area contributed by atoms with Gasteiger partial charge in [0.2, 0.25) is 0 Å². The van der Waals surface area contributed by atoms with Crippen molar-refractivity contribution in [2.24, 2.45) is 0 Å². The van der Waals surface area contributed by atoms with Gasteiger partial charge in [0, 0.05) is 11.9 Å². The van der Waals surface area contributed by atoms with Gasteiger partial charge in [-0.2, -0.15) is 0 Å². The van der Waals surface area contributed by atoms with Crippen molar-refractivity contribution in [1.29, 1.82) is 0 Å². The van der Waals surface area contributed by atoms with Crippen molar-refractivity contribution in [3.63, 3.8) is 0 Å². The molecule has 2 rings (SSSR count). The monoisotopic (exact) mass is 550 g/mol. The van der Waals surface area contributed by atoms with E-state index in [4.69, 9.17) is 0 Å². The molecule has 2 fully saturated rings. The third kappa shape index (κ3) is 13.2. The lowest BCUT2D eigenvalue weighted by Crippen LogP contribution is -2.32. The average molecular weight is 553 g/mol. The van der Waals surface area contributed by atoms with Crippen LogP contribution in [0.15, 0.2) is 0 Å². The smallest absolute Gasteiger partial charge is 0.320 e. The summed E-state index contributed by atoms with van der Waals surface area (Å²) in [6.07, 6.45) is 5.28. The first-order chi connectivity index (χ1) is 12.0. The number of alkyl halides is 3. The van der Waals surface area contributed by atoms with Crippen LogP contribution in [0.2, 0.25) is 0 Å². The highest BCUT2D eigenvalue weighted by Gasteiger charge is 2.21. The minimum absolute atomic E-state index is 0.166. The first kappa shape index (κ1) is 25.3. The number of halogens is 3. The van der Waals surface area contributed by atoms with Gasteiger partial charge in [0.1, 0.15) is 9.65 Å². The molecule has 0 spiro atoms. The lowest BCUT2D eigenvalue weighted by atomic mass is 10.4. The van der Waals surface area contributed by atoms with E-state index in [-0.39, 0.29) is 21.6 Å². The summed E-state index contributed by atoms with van der Waals surface area (Å²) in [5, 5.41) is 3.81. The molecule has 2 unspecified atom stereocenters. The van der Waals surface area contributed by atoms with Gasteiger partial charge in [0.05, 0.1) is 14.2 Å². The van der Waals surface area contributed by atoms with Crippen LogP contribution in [0.4, 0.5) is 0 Å². The Morgan fingerprint density at radius 2 is 1.44 bits per heavy atom. The molecule has 2 heterocycles. The zero-order valence-corrected chi connectivity index (χ0v) is 19.7. The summed E-state index contributed by atoms with van der Waals surface area (Å²) in [5.41, 5.74) is 0. The van der Waals surface area contributed by atoms with Crippen molar-refractivity contribution >= 4 is 59.7 Å². The van der Waals surface area contributed by atoms with Gasteiger partial charge < -0.3 is 19.7 Å². The molecule has 25 heavy (non-hydrogen) atoms. The molecule has 2 aliphatic heterocycles. The number of rotatable bonds is 5. The molecule has 0 aromatic heterocycles. The molecule has 148 valence electrons. The highest BCUT2D eigenvalue weighted by Crippen LogP contribution is 2.11. The molecule has 0 bridgehead atoms. The number of nitrogens with zero attached hydrogens (tertiary/aromatic N) is 1. The van der Waals surface area contributed by atoms with Gasteiger partial charge in [0.25, 0.3) is 0 Å². The van der Waals surface area contributed by atoms with Crippen LogP contribution in [-0.4, -0.2) is 78.8 Å². The predicted molar refractivity (Wildman–Crippen MR) is 111 cm³/mol. The van der Waals surface area contributed by atoms with E-state index in [1.807, 2.05) is 0 Å². The lowest BCUT2D eigenvalue weighted by molar-refractivity contribution is -0.140. The zero-order chi connectivity index (χ0) is 19.1. The standard InChI is InChI=1S/C8H14BrNO2.C4H6Br2O2.C4H9N/c1-12-8(11)7(9)6-10-4-2-3-5-10;1-8-4(7)3(6)2-5;1-2-4-5-3-1/h7H,2-6H2,1H3;3H,2H2,1H3;5H,1-4H2. The summed E-state index contributed by atoms with van der Waals surface area (Å²) in [6, 6.07) is 0. The number of esters is 2. The summed E-state index contributed by atoms with van der Waals surface area (Å²) in [6.45, 7) is 5.49. The minimum Gasteiger partial charge on any atom is -0.468 e. The predicted octanol–water partition coefficient (Wildman–Crippen LogP) is 2.71. The van der Waals surface area contributed by atoms with Gasteiger partial charge in [-0.05, 0) is 51.9 Å². The van der Waals surface area contributed by atoms with E-state index in [2.05, 4.69) is 67.5 Å². The number of hydrogen-bond donors (Lipinski definition) is 1. The van der Waals surface area contributed by atoms with Gasteiger partial charge in [-0.25, -0.2) is 0 Å². The van der Waals surface area contributed by atoms with Crippen molar-refractivity contribution in [1.82, 2.24) is 10.2 Å². The maximum absolute atomic E-state index is 11.0. The Bertz CT molecular complexity index is 358. The number of methoxy groups -OCH3 is 2. The zero-order valence-electron chi connectivity index (χ0n) is 14.9. The number of ether oxygens (including phenoxy) is 2. The number of hydrogen-bond acceptors (Lipinski definition) is 6. The Morgan fingerprint density at radius 1 is 0.960 bits per heavy atom. The van der Waals surface area contributed by atoms with Crippen LogP contribution in [0.1, 0.15) is 25.7 Å². The second-order valence-electron chi connectivity index (χ2n) is 5.60. The topological polar surface area (TPSA) is 67.9 Å². The molecule has 0 aromatic rings. The Kier molecular flexibility index (Phi) is 16.7. The lowest BCUT2D eigenvalue weighted by Gasteiger charge is -2.16. The quantitative estimate of drug-likeness (QED) is 0.418. The third-order valence-corrected chi connectivity index (χ3v) is 6.50. The normalized spacial score (nSPS) is 18.9. The molecule has 2 aliphatic rings. The summed E-state index contributed by atoms with van der Waals surface area (Å²) >= 11 is 9.49. The van der Waals surface area contributed by atoms with Gasteiger partial charge in [-0.15, -0.1) is 0 Å². The van der Waals surface area contributed by atoms with Gasteiger partial charge in [0.15, 0.2) is 0 Å². The van der Waals surface area contributed by atoms with Crippen LogP contribution < -0.4 is 5.32 Å². The Morgan fingerprint density at radius 3 is 1.76 bits per heavy atom. The van der Waals surface area contributed by atoms with Crippen LogP contribution >= 0.6 is 47.8 Å². The van der Waals surface area contributed by atoms with Crippen LogP contribution in [0, 0.1) is 0 Å². The first-order valence-corrected chi connectivity index (χ1v) is 11.3. The molecule has 0 aromatic carbocycles. The van der Waals surface area contributed by atoms with E-state index in [0.29, 0.717) is 5.33 Å². The molecular weight excluding hydrogens is 524 g/mol. The largest absolute Gasteiger partial charge is 0.468 e. The Labute approximate surface area is 176 Å². The van der Waals surface area contributed by atoms with Crippen molar-refractivity contribution in [2.45, 2.75) is 35.3 Å². The Balaban J connectivity index is 0.000000380. The van der Waals surface area contributed by atoms with Gasteiger partial charge in [-0.3, -0.25) is 9.59 Å². The van der Waals surface area contributed by atoms with Crippen molar-refractivity contribution in [2.75, 3.05) is 52.3 Å². The second kappa shape index (κ2) is 16.5. The molecule has 1 N–H and O–H groups in total. The molecular formula is C16H29Br3N2O4. The maximum atomic E-state index is 11.0. The van der Waals surface area contributed by atoms with E-state index in [1.165, 1.54) is 53.0 Å². The third-order valence-electron chi connectivity index (χ3n) is 3.62. The number of nitrogens with one attached hydrogen (secondary N) is 1. The summed E-state index contributed by atoms with van der Waals surface area (Å²) in [7, 11) is 2.78. The van der Waals surface area contributed by atoms with Crippen LogP contribution in [0.5, 0.6) is 0 Å². The fraction of sp³-hybridized carbons (Fsp3) is 0.875. The second-order valence-corrected chi connectivity index (χ2v) is 8.46. The average Bonchev–Trinajstić information content (AvgIpc) is 3.36. The maximum Gasteiger partial charge on any atom is 0.320 e. The first-order valence-electron chi connectivity index (χ1n) is 8.39. The van der Waals surface area contributed by atoms with E-state index in [9.17, 15) is 9.59 Å². The highest BCUT2D eigenvalue weighted by molar-refractivity contribution is 9.12. The van der Waals surface area contributed by atoms with E-state index >= 15 is 0 Å². The van der Waals surface area contributed by atoms with E-state index in [0.717, 1.165) is 19.6 Å². The molecule has 0 radical (unpaired) electrons. The van der Waals surface area contributed by atoms with Crippen molar-refractivity contribution in [3.05, 3.63) is 0 Å². The van der Waals surface area contributed by atoms with Crippen LogP contribution in [0.3, 0.4) is 0 Å². The highest BCUT2D eigenvalue weighted by atomic mass is 79.9. The summed E-state index contributed by atoms with van der Waals surface area (Å²) in [4.78, 5) is 23.3. The molecule has 6 nitrogen and oxygen atoms in total. The number of carbonyl (C=O) groups is 2. The van der Waals surface area contributed by atoms with E-state index < -0.39 is 0 Å². The molecule has 2 atom stereocenters. The minimum atomic E-state index is -0.248. The van der Waals surface area contributed by atoms with Gasteiger partial charge in [-0.1, -0.05) is 47.8 Å². The van der Waals surface area contributed by atoms with Crippen molar-refractivity contribution in [3.8, 4) is 0 Å². The molecule has 0 aliphatic carbocycles. The van der Waals surface area contributed by atoms with E-state index in [1.54, 1.807) is 0 Å². The fourth-order valence-electron chi connectivity index (χ4n) is 2.21. The Hall–Kier alpha value is 0.300. The van der Waals surface area contributed by atoms with Crippen LogP contribution in [0.25, 0.3) is 0 Å². The molecule has 9 heteroatoms.